The Balaban J connectivity index is 2.35. The molecule has 0 saturated heterocycles. The molecule has 136 valence electrons. The second kappa shape index (κ2) is 7.57. The predicted molar refractivity (Wildman–Crippen MR) is 96.2 cm³/mol. The van der Waals surface area contributed by atoms with E-state index < -0.39 is 28.8 Å². The lowest BCUT2D eigenvalue weighted by Crippen LogP contribution is -2.44. The third-order valence-electron chi connectivity index (χ3n) is 3.78. The van der Waals surface area contributed by atoms with Gasteiger partial charge in [-0.05, 0) is 42.8 Å². The Morgan fingerprint density at radius 2 is 1.92 bits per heavy atom. The third-order valence-corrected chi connectivity index (χ3v) is 6.21. The zero-order valence-corrected chi connectivity index (χ0v) is 16.0. The minimum Gasteiger partial charge on any atom is -0.393 e. The predicted octanol–water partition coefficient (Wildman–Crippen LogP) is 2.20. The highest BCUT2D eigenvalue weighted by molar-refractivity contribution is 7.89. The number of aliphatic hydroxyl groups is 2. The average Bonchev–Trinajstić information content (AvgIpc) is 2.57. The van der Waals surface area contributed by atoms with Gasteiger partial charge in [-0.3, -0.25) is 0 Å². The van der Waals surface area contributed by atoms with E-state index in [1.807, 2.05) is 0 Å². The van der Waals surface area contributed by atoms with Crippen molar-refractivity contribution >= 4 is 33.2 Å². The summed E-state index contributed by atoms with van der Waals surface area (Å²) in [6.45, 7) is 0.571. The SMILES string of the molecule is Cc1cc(S(=O)(=O)N(C)CC(O)(CO)c2cccc(Cl)n2)ccc1Cl. The Labute approximate surface area is 156 Å². The molecule has 0 fully saturated rings. The van der Waals surface area contributed by atoms with E-state index in [0.717, 1.165) is 4.31 Å². The molecule has 1 unspecified atom stereocenters. The van der Waals surface area contributed by atoms with Crippen LogP contribution in [-0.2, 0) is 15.6 Å². The van der Waals surface area contributed by atoms with Crippen molar-refractivity contribution in [2.24, 2.45) is 0 Å². The summed E-state index contributed by atoms with van der Waals surface area (Å²) < 4.78 is 26.4. The topological polar surface area (TPSA) is 90.7 Å². The molecule has 0 amide bonds. The molecule has 6 nitrogen and oxygen atoms in total. The summed E-state index contributed by atoms with van der Waals surface area (Å²) >= 11 is 11.7. The normalized spacial score (nSPS) is 14.5. The van der Waals surface area contributed by atoms with E-state index in [9.17, 15) is 18.6 Å². The molecule has 0 saturated carbocycles. The summed E-state index contributed by atoms with van der Waals surface area (Å²) in [5, 5.41) is 20.9. The zero-order valence-electron chi connectivity index (χ0n) is 13.6. The monoisotopic (exact) mass is 404 g/mol. The summed E-state index contributed by atoms with van der Waals surface area (Å²) in [5.41, 5.74) is -1.20. The maximum atomic E-state index is 12.7. The first-order valence-electron chi connectivity index (χ1n) is 7.29. The number of pyridine rings is 1. The molecule has 0 aliphatic heterocycles. The fourth-order valence-corrected chi connectivity index (χ4v) is 3.88. The van der Waals surface area contributed by atoms with Crippen LogP contribution in [0.25, 0.3) is 0 Å². The van der Waals surface area contributed by atoms with Crippen LogP contribution >= 0.6 is 23.2 Å². The number of aryl methyl sites for hydroxylation is 1. The first kappa shape index (κ1) is 20.1. The standard InChI is InChI=1S/C16H18Cl2N2O4S/c1-11-8-12(6-7-13(11)17)25(23,24)20(2)9-16(22,10-21)14-4-3-5-15(18)19-14/h3-8,21-22H,9-10H2,1-2H3. The van der Waals surface area contributed by atoms with Crippen molar-refractivity contribution in [2.75, 3.05) is 20.2 Å². The van der Waals surface area contributed by atoms with E-state index in [4.69, 9.17) is 23.2 Å². The molecule has 2 N–H and O–H groups in total. The Morgan fingerprint density at radius 1 is 1.24 bits per heavy atom. The lowest BCUT2D eigenvalue weighted by molar-refractivity contribution is -0.0321. The molecule has 0 aliphatic carbocycles. The van der Waals surface area contributed by atoms with Gasteiger partial charge in [-0.2, -0.15) is 4.31 Å². The fraction of sp³-hybridized carbons (Fsp3) is 0.312. The van der Waals surface area contributed by atoms with Crippen LogP contribution in [0.4, 0.5) is 0 Å². The van der Waals surface area contributed by atoms with Gasteiger partial charge in [0.25, 0.3) is 0 Å². The summed E-state index contributed by atoms with van der Waals surface area (Å²) in [5.74, 6) is 0. The molecular weight excluding hydrogens is 387 g/mol. The number of aliphatic hydroxyl groups excluding tert-OH is 1. The van der Waals surface area contributed by atoms with Gasteiger partial charge in [-0.1, -0.05) is 29.3 Å². The first-order valence-corrected chi connectivity index (χ1v) is 9.48. The number of sulfonamides is 1. The van der Waals surface area contributed by atoms with Gasteiger partial charge in [0.2, 0.25) is 10.0 Å². The van der Waals surface area contributed by atoms with Crippen molar-refractivity contribution in [3.63, 3.8) is 0 Å². The molecule has 2 rings (SSSR count). The van der Waals surface area contributed by atoms with Crippen LogP contribution in [0.5, 0.6) is 0 Å². The number of hydrogen-bond donors (Lipinski definition) is 2. The minimum absolute atomic E-state index is 0.0382. The highest BCUT2D eigenvalue weighted by Gasteiger charge is 2.36. The smallest absolute Gasteiger partial charge is 0.242 e. The van der Waals surface area contributed by atoms with Crippen LogP contribution in [0.1, 0.15) is 11.3 Å². The second-order valence-electron chi connectivity index (χ2n) is 5.71. The van der Waals surface area contributed by atoms with Crippen LogP contribution in [0.2, 0.25) is 10.2 Å². The van der Waals surface area contributed by atoms with Crippen LogP contribution in [-0.4, -0.2) is 48.1 Å². The van der Waals surface area contributed by atoms with Gasteiger partial charge >= 0.3 is 0 Å². The van der Waals surface area contributed by atoms with Gasteiger partial charge in [0.1, 0.15) is 10.8 Å². The molecule has 9 heteroatoms. The van der Waals surface area contributed by atoms with Crippen molar-refractivity contribution in [2.45, 2.75) is 17.4 Å². The Morgan fingerprint density at radius 3 is 2.48 bits per heavy atom. The van der Waals surface area contributed by atoms with Crippen molar-refractivity contribution in [1.29, 1.82) is 0 Å². The fourth-order valence-electron chi connectivity index (χ4n) is 2.29. The van der Waals surface area contributed by atoms with Gasteiger partial charge in [0.15, 0.2) is 0 Å². The van der Waals surface area contributed by atoms with Crippen LogP contribution in [0, 0.1) is 6.92 Å². The third kappa shape index (κ3) is 4.31. The number of likely N-dealkylation sites (N-methyl/N-ethyl adjacent to an activating group) is 1. The van der Waals surface area contributed by atoms with Gasteiger partial charge in [-0.15, -0.1) is 0 Å². The molecule has 1 heterocycles. The highest BCUT2D eigenvalue weighted by atomic mass is 35.5. The van der Waals surface area contributed by atoms with Gasteiger partial charge < -0.3 is 10.2 Å². The molecule has 0 spiro atoms. The largest absolute Gasteiger partial charge is 0.393 e. The van der Waals surface area contributed by atoms with E-state index in [-0.39, 0.29) is 15.7 Å². The number of hydrogen-bond acceptors (Lipinski definition) is 5. The molecule has 0 radical (unpaired) electrons. The average molecular weight is 405 g/mol. The molecule has 0 aliphatic rings. The van der Waals surface area contributed by atoms with Gasteiger partial charge in [0, 0.05) is 12.1 Å². The molecule has 25 heavy (non-hydrogen) atoms. The second-order valence-corrected chi connectivity index (χ2v) is 8.55. The minimum atomic E-state index is -3.90. The molecule has 1 aromatic carbocycles. The van der Waals surface area contributed by atoms with Crippen LogP contribution in [0.15, 0.2) is 41.3 Å². The van der Waals surface area contributed by atoms with E-state index in [2.05, 4.69) is 4.98 Å². The highest BCUT2D eigenvalue weighted by Crippen LogP contribution is 2.26. The number of halogens is 2. The molecule has 2 aromatic rings. The van der Waals surface area contributed by atoms with Gasteiger partial charge in [0.05, 0.1) is 23.7 Å². The van der Waals surface area contributed by atoms with E-state index in [0.29, 0.717) is 10.6 Å². The number of aromatic nitrogens is 1. The Hall–Kier alpha value is -1.22. The number of benzene rings is 1. The maximum Gasteiger partial charge on any atom is 0.242 e. The molecule has 0 bridgehead atoms. The van der Waals surface area contributed by atoms with E-state index in [1.54, 1.807) is 13.0 Å². The van der Waals surface area contributed by atoms with Crippen molar-refractivity contribution < 1.29 is 18.6 Å². The summed E-state index contributed by atoms with van der Waals surface area (Å²) in [6.07, 6.45) is 0. The first-order chi connectivity index (χ1) is 11.6. The van der Waals surface area contributed by atoms with E-state index >= 15 is 0 Å². The van der Waals surface area contributed by atoms with Crippen molar-refractivity contribution in [3.8, 4) is 0 Å². The van der Waals surface area contributed by atoms with Crippen LogP contribution < -0.4 is 0 Å². The molecular formula is C16H18Cl2N2O4S. The van der Waals surface area contributed by atoms with Crippen molar-refractivity contribution in [1.82, 2.24) is 9.29 Å². The summed E-state index contributed by atoms with van der Waals surface area (Å²) in [7, 11) is -2.59. The maximum absolute atomic E-state index is 12.7. The summed E-state index contributed by atoms with van der Waals surface area (Å²) in [4.78, 5) is 4.00. The lowest BCUT2D eigenvalue weighted by Gasteiger charge is -2.30. The lowest BCUT2D eigenvalue weighted by atomic mass is 10.0. The van der Waals surface area contributed by atoms with E-state index in [1.165, 1.54) is 37.4 Å². The molecule has 1 aromatic heterocycles. The zero-order chi connectivity index (χ0) is 18.8. The number of nitrogens with zero attached hydrogens (tertiary/aromatic N) is 2. The quantitative estimate of drug-likeness (QED) is 0.720. The van der Waals surface area contributed by atoms with Gasteiger partial charge in [-0.25, -0.2) is 13.4 Å². The summed E-state index contributed by atoms with van der Waals surface area (Å²) in [6, 6.07) is 8.87. The Kier molecular flexibility index (Phi) is 6.09. The molecule has 1 atom stereocenters. The number of rotatable bonds is 6. The Bertz CT molecular complexity index is 876. The van der Waals surface area contributed by atoms with Crippen molar-refractivity contribution in [3.05, 3.63) is 57.8 Å². The van der Waals surface area contributed by atoms with Crippen LogP contribution in [0.3, 0.4) is 0 Å².